The highest BCUT2D eigenvalue weighted by atomic mass is 28.4. The van der Waals surface area contributed by atoms with Crippen molar-refractivity contribution in [2.75, 3.05) is 0 Å². The van der Waals surface area contributed by atoms with Crippen LogP contribution in [-0.4, -0.2) is 55.1 Å². The van der Waals surface area contributed by atoms with E-state index in [0.717, 1.165) is 16.7 Å². The van der Waals surface area contributed by atoms with Crippen LogP contribution in [0.1, 0.15) is 37.0 Å². The summed E-state index contributed by atoms with van der Waals surface area (Å²) in [6.07, 6.45) is -3.86. The van der Waals surface area contributed by atoms with E-state index in [9.17, 15) is 10.2 Å². The van der Waals surface area contributed by atoms with Gasteiger partial charge in [0, 0.05) is 12.5 Å². The van der Waals surface area contributed by atoms with E-state index in [1.165, 1.54) is 0 Å². The summed E-state index contributed by atoms with van der Waals surface area (Å²) >= 11 is 0. The summed E-state index contributed by atoms with van der Waals surface area (Å²) in [5.41, 5.74) is 2.86. The Morgan fingerprint density at radius 1 is 0.725 bits per heavy atom. The average Bonchev–Trinajstić information content (AvgIpc) is 2.91. The molecule has 1 saturated carbocycles. The lowest BCUT2D eigenvalue weighted by atomic mass is 9.84. The Bertz CT molecular complexity index is 1150. The molecule has 3 aromatic carbocycles. The normalized spacial score (nSPS) is 25.3. The first-order valence-electron chi connectivity index (χ1n) is 13.9. The van der Waals surface area contributed by atoms with Crippen LogP contribution in [0.25, 0.3) is 0 Å². The van der Waals surface area contributed by atoms with Gasteiger partial charge < -0.3 is 33.3 Å². The topological polar surface area (TPSA) is 86.6 Å². The summed E-state index contributed by atoms with van der Waals surface area (Å²) in [5.74, 6) is -1.87. The van der Waals surface area contributed by atoms with E-state index in [-0.39, 0.29) is 32.3 Å². The van der Waals surface area contributed by atoms with Gasteiger partial charge >= 0.3 is 8.56 Å². The first-order chi connectivity index (χ1) is 19.2. The molecule has 0 saturated heterocycles. The lowest BCUT2D eigenvalue weighted by Gasteiger charge is -2.50. The van der Waals surface area contributed by atoms with E-state index in [0.29, 0.717) is 0 Å². The summed E-state index contributed by atoms with van der Waals surface area (Å²) in [7, 11) is -2.85. The second kappa shape index (κ2) is 14.0. The maximum atomic E-state index is 12.1. The fourth-order valence-corrected chi connectivity index (χ4v) is 7.44. The molecule has 0 amide bonds. The summed E-state index contributed by atoms with van der Waals surface area (Å²) in [5, 5.41) is 23.5. The van der Waals surface area contributed by atoms with Crippen LogP contribution in [0.3, 0.4) is 0 Å². The molecule has 0 spiro atoms. The van der Waals surface area contributed by atoms with Crippen LogP contribution in [0.15, 0.2) is 91.0 Å². The molecule has 0 bridgehead atoms. The Kier molecular flexibility index (Phi) is 10.7. The van der Waals surface area contributed by atoms with E-state index in [4.69, 9.17) is 23.1 Å². The van der Waals surface area contributed by atoms with Crippen LogP contribution in [0.5, 0.6) is 0 Å². The Hall–Kier alpha value is -2.40. The molecule has 1 aliphatic carbocycles. The van der Waals surface area contributed by atoms with Gasteiger partial charge in [-0.3, -0.25) is 0 Å². The van der Waals surface area contributed by atoms with Crippen LogP contribution in [0.4, 0.5) is 0 Å². The minimum absolute atomic E-state index is 0.0884. The van der Waals surface area contributed by atoms with Crippen LogP contribution in [0, 0.1) is 0 Å². The van der Waals surface area contributed by atoms with Crippen LogP contribution >= 0.6 is 0 Å². The van der Waals surface area contributed by atoms with Gasteiger partial charge in [-0.25, -0.2) is 0 Å². The smallest absolute Gasteiger partial charge is 0.334 e. The van der Waals surface area contributed by atoms with Crippen molar-refractivity contribution in [1.82, 2.24) is 0 Å². The van der Waals surface area contributed by atoms with Crippen molar-refractivity contribution < 1.29 is 33.3 Å². The van der Waals surface area contributed by atoms with Crippen LogP contribution in [-0.2, 0) is 42.9 Å². The monoisotopic (exact) mass is 566 g/mol. The number of rotatable bonds is 13. The predicted molar refractivity (Wildman–Crippen MR) is 155 cm³/mol. The van der Waals surface area contributed by atoms with Crippen molar-refractivity contribution in [2.45, 2.75) is 89.5 Å². The molecule has 0 aliphatic heterocycles. The van der Waals surface area contributed by atoms with Crippen molar-refractivity contribution in [2.24, 2.45) is 0 Å². The molecule has 0 aromatic heterocycles. The van der Waals surface area contributed by atoms with Gasteiger partial charge in [-0.15, -0.1) is 0 Å². The van der Waals surface area contributed by atoms with Gasteiger partial charge in [0.05, 0.1) is 25.9 Å². The van der Waals surface area contributed by atoms with Crippen molar-refractivity contribution in [3.63, 3.8) is 0 Å². The number of benzene rings is 3. The van der Waals surface area contributed by atoms with Crippen molar-refractivity contribution >= 4 is 8.56 Å². The summed E-state index contributed by atoms with van der Waals surface area (Å²) in [6.45, 7) is 8.36. The highest BCUT2D eigenvalue weighted by molar-refractivity contribution is 6.64. The van der Waals surface area contributed by atoms with Crippen LogP contribution in [0.2, 0.25) is 13.1 Å². The quantitative estimate of drug-likeness (QED) is 0.213. The molecule has 4 rings (SSSR count). The molecule has 216 valence electrons. The molecule has 2 N–H and O–H groups in total. The Morgan fingerprint density at radius 3 is 1.60 bits per heavy atom. The molecule has 0 heterocycles. The second-order valence-corrected chi connectivity index (χ2v) is 14.3. The molecular formula is C32H42O7Si. The number of aliphatic hydroxyl groups is 2. The maximum Gasteiger partial charge on any atom is 0.334 e. The van der Waals surface area contributed by atoms with E-state index in [2.05, 4.69) is 0 Å². The van der Waals surface area contributed by atoms with Gasteiger partial charge in [0.15, 0.2) is 5.79 Å². The first kappa shape index (κ1) is 30.6. The zero-order valence-electron chi connectivity index (χ0n) is 23.8. The zero-order valence-corrected chi connectivity index (χ0v) is 24.8. The molecule has 0 radical (unpaired) electrons. The predicted octanol–water partition coefficient (Wildman–Crippen LogP) is 5.34. The zero-order chi connectivity index (χ0) is 28.6. The van der Waals surface area contributed by atoms with Gasteiger partial charge in [-0.1, -0.05) is 91.0 Å². The Morgan fingerprint density at radius 2 is 1.15 bits per heavy atom. The van der Waals surface area contributed by atoms with E-state index >= 15 is 0 Å². The Labute approximate surface area is 238 Å². The fraction of sp³-hybridized carbons (Fsp3) is 0.438. The number of ether oxygens (including phenoxy) is 3. The van der Waals surface area contributed by atoms with Gasteiger partial charge in [-0.2, -0.15) is 0 Å². The molecule has 8 heteroatoms. The van der Waals surface area contributed by atoms with Crippen molar-refractivity contribution in [3.05, 3.63) is 108 Å². The minimum atomic E-state index is -2.85. The van der Waals surface area contributed by atoms with Crippen molar-refractivity contribution in [1.29, 1.82) is 0 Å². The highest BCUT2D eigenvalue weighted by Gasteiger charge is 2.57. The molecule has 7 nitrogen and oxygen atoms in total. The summed E-state index contributed by atoms with van der Waals surface area (Å²) < 4.78 is 31.7. The average molecular weight is 567 g/mol. The third kappa shape index (κ3) is 8.55. The van der Waals surface area contributed by atoms with E-state index in [1.807, 2.05) is 118 Å². The third-order valence-corrected chi connectivity index (χ3v) is 8.62. The van der Waals surface area contributed by atoms with E-state index < -0.39 is 38.8 Å². The SMILES string of the molecule is CC(C)O[Si](C)(C)O[C@]1(O)C[C@H](O)[C@H](OCc2ccccc2)[C@@H](OCc2ccccc2)[C@@H]1OCc1ccccc1. The molecular weight excluding hydrogens is 524 g/mol. The molecule has 1 fully saturated rings. The molecule has 5 atom stereocenters. The lowest BCUT2D eigenvalue weighted by Crippen LogP contribution is -2.68. The summed E-state index contributed by atoms with van der Waals surface area (Å²) in [6, 6.07) is 29.3. The van der Waals surface area contributed by atoms with Crippen molar-refractivity contribution in [3.8, 4) is 0 Å². The fourth-order valence-electron chi connectivity index (χ4n) is 5.20. The van der Waals surface area contributed by atoms with Gasteiger partial charge in [-0.05, 0) is 43.6 Å². The second-order valence-electron chi connectivity index (χ2n) is 11.0. The minimum Gasteiger partial charge on any atom is -0.392 e. The third-order valence-electron chi connectivity index (χ3n) is 6.73. The largest absolute Gasteiger partial charge is 0.392 e. The molecule has 1 aliphatic rings. The first-order valence-corrected chi connectivity index (χ1v) is 16.7. The standard InChI is InChI=1S/C32H42O7Si/c1-24(2)38-40(3,4)39-32(34)20-28(33)29(35-21-25-14-8-5-9-15-25)30(36-22-26-16-10-6-11-17-26)31(32)37-23-27-18-12-7-13-19-27/h5-19,24,28-31,33-34H,20-23H2,1-4H3/t28-,29-,30+,31-,32+/m0/s1. The maximum absolute atomic E-state index is 12.1. The highest BCUT2D eigenvalue weighted by Crippen LogP contribution is 2.39. The van der Waals surface area contributed by atoms with Gasteiger partial charge in [0.2, 0.25) is 0 Å². The molecule has 40 heavy (non-hydrogen) atoms. The van der Waals surface area contributed by atoms with Gasteiger partial charge in [0.25, 0.3) is 0 Å². The Balaban J connectivity index is 1.66. The lowest BCUT2D eigenvalue weighted by molar-refractivity contribution is -0.322. The number of aliphatic hydroxyl groups excluding tert-OH is 1. The molecule has 3 aromatic rings. The summed E-state index contributed by atoms with van der Waals surface area (Å²) in [4.78, 5) is 0. The van der Waals surface area contributed by atoms with E-state index in [1.54, 1.807) is 0 Å². The van der Waals surface area contributed by atoms with Gasteiger partial charge in [0.1, 0.15) is 18.3 Å². The van der Waals surface area contributed by atoms with Crippen LogP contribution < -0.4 is 0 Å². The number of hydrogen-bond donors (Lipinski definition) is 2. The number of hydrogen-bond acceptors (Lipinski definition) is 7. The molecule has 0 unspecified atom stereocenters.